The van der Waals surface area contributed by atoms with Crippen LogP contribution in [0.3, 0.4) is 0 Å². The van der Waals surface area contributed by atoms with Crippen LogP contribution < -0.4 is 9.47 Å². The van der Waals surface area contributed by atoms with Crippen molar-refractivity contribution in [1.82, 2.24) is 0 Å². The van der Waals surface area contributed by atoms with Crippen LogP contribution in [0.5, 0.6) is 17.2 Å². The Morgan fingerprint density at radius 2 is 1.02 bits per heavy atom. The zero-order valence-electron chi connectivity index (χ0n) is 76.9. The number of rotatable bonds is 19. The number of fused-ring (bicyclic) bond motifs is 10. The molecule has 5 aliphatic rings. The first kappa shape index (κ1) is 99.7. The minimum Gasteiger partial charge on any atom is -0.748 e. The summed E-state index contributed by atoms with van der Waals surface area (Å²) in [6.07, 6.45) is -3.62. The predicted molar refractivity (Wildman–Crippen MR) is 508 cm³/mol. The van der Waals surface area contributed by atoms with Crippen molar-refractivity contribution in [3.63, 3.8) is 0 Å². The van der Waals surface area contributed by atoms with Gasteiger partial charge in [-0.05, 0) is 238 Å². The number of esters is 1. The number of thiophene rings is 1. The van der Waals surface area contributed by atoms with Crippen molar-refractivity contribution in [2.45, 2.75) is 250 Å². The van der Waals surface area contributed by atoms with Gasteiger partial charge in [0.05, 0.1) is 31.7 Å². The Bertz CT molecular complexity index is 5860. The first-order valence-electron chi connectivity index (χ1n) is 44.7. The maximum absolute atomic E-state index is 13.8. The largest absolute Gasteiger partial charge is 0.748 e. The second-order valence-electron chi connectivity index (χ2n) is 38.4. The SMILES string of the molecule is CC(C)(C)c1ccc([S+](c2ccc(OC(C(C)(F)F)C(F)(F)F)cc2)c2ccc(C(C)(C)C)cc2)cc1.CC(C)c1cc(C(C)C)c(S(=O)(=O)[O-])c(C(C)C)c1.CC(CCC(=O)OCCS(=O)(=O)[O-])[C@H]1CC[C@H]2[C@@H]3C(=O)C[C@@H]4CC(=O)CC[C@]4(C)[C@H]3CC(=O)[C@]12C.c1ccc(-[s+]2c3ccccc3c3ccccc32)cc1.c1ccc([S+]2c3ccccc3Oc3ccccc32)cc1. The standard InChI is InChI=1S/C30H34F5OS.C26H38O8S.C18H13OS.C18H13S.C15H24O3S/c1-27(2,3)20-8-14-23(15-9-20)37(24-16-10-21(11-17-24)28(4,5)6)25-18-12-22(13-19-25)36-26(29(7,31)32)30(33,34)35;1-15(4-7-23(30)34-10-11-35(31,32)33)18-5-6-19-24-20(14-22(29)26(18,19)3)25(2)9-8-17(27)12-16(25)13-21(24)28;1-2-8-14(9-3-1)20-17-12-6-4-10-15(17)19-16-11-5-7-13-18(16)20;1-2-8-14(9-3-1)19-17-12-6-4-10-15(17)16-11-5-7-13-18(16)19;1-9(2)12-7-13(10(3)4)15(19(16,17)18)14(8-12)11(5)6/h8-19,26H,1-7H3;15-16,18-20,24H,4-14H2,1-3H3,(H,31,32,33);1-13H;1-13H;7-11H,1-6H3,(H,16,17,18)/q+1;;2*+1;/p-2/t;15?,16-,18+,19-,20-,24-,25-,26+;;;/m.0.../s1. The van der Waals surface area contributed by atoms with Gasteiger partial charge in [-0.3, -0.25) is 19.2 Å². The fourth-order valence-corrected chi connectivity index (χ4v) is 27.5. The van der Waals surface area contributed by atoms with Gasteiger partial charge in [-0.15, -0.1) is 0 Å². The number of hydrogen-bond acceptors (Lipinski definition) is 13. The molecule has 23 heteroatoms. The third-order valence-corrected chi connectivity index (χ3v) is 34.9. The van der Waals surface area contributed by atoms with Crippen LogP contribution in [0.4, 0.5) is 22.0 Å². The Kier molecular flexibility index (Phi) is 31.2. The molecule has 11 aromatic rings. The van der Waals surface area contributed by atoms with Crippen LogP contribution in [-0.2, 0) is 76.8 Å². The van der Waals surface area contributed by atoms with Gasteiger partial charge in [-0.2, -0.15) is 13.2 Å². The first-order chi connectivity index (χ1) is 61.1. The van der Waals surface area contributed by atoms with Gasteiger partial charge in [0.25, 0.3) is 12.0 Å². The molecule has 1 aromatic heterocycles. The monoisotopic (exact) mass is 1870 g/mol. The molecule has 1 aliphatic heterocycles. The average Bonchev–Trinajstić information content (AvgIpc) is 1.38. The summed E-state index contributed by atoms with van der Waals surface area (Å²) in [6.45, 7) is 30.6. The molecular weight excluding hydrogens is 1750 g/mol. The molecule has 4 fully saturated rings. The van der Waals surface area contributed by atoms with E-state index in [9.17, 15) is 67.1 Å². The van der Waals surface area contributed by atoms with E-state index in [1.165, 1.54) is 63.0 Å². The van der Waals surface area contributed by atoms with Crippen LogP contribution in [-0.4, -0.2) is 79.8 Å². The molecule has 0 bridgehead atoms. The Balaban J connectivity index is 0.000000152. The van der Waals surface area contributed by atoms with Gasteiger partial charge in [-0.1, -0.05) is 225 Å². The summed E-state index contributed by atoms with van der Waals surface area (Å²) >= 11 is 0. The molecule has 4 aliphatic carbocycles. The van der Waals surface area contributed by atoms with E-state index >= 15 is 0 Å². The van der Waals surface area contributed by atoms with E-state index in [1.807, 2.05) is 77.9 Å². The van der Waals surface area contributed by atoms with Crippen molar-refractivity contribution in [1.29, 1.82) is 0 Å². The zero-order chi connectivity index (χ0) is 94.5. The number of ketones is 3. The van der Waals surface area contributed by atoms with Gasteiger partial charge in [0.15, 0.2) is 45.4 Å². The number of alkyl halides is 5. The summed E-state index contributed by atoms with van der Waals surface area (Å²) in [4.78, 5) is 59.5. The molecule has 690 valence electrons. The molecule has 9 atom stereocenters. The topological polar surface area (TPSA) is 210 Å². The highest BCUT2D eigenvalue weighted by molar-refractivity contribution is 7.97. The molecule has 10 aromatic carbocycles. The lowest BCUT2D eigenvalue weighted by atomic mass is 9.44. The van der Waals surface area contributed by atoms with Crippen LogP contribution in [0.25, 0.3) is 25.1 Å². The highest BCUT2D eigenvalue weighted by Gasteiger charge is 2.66. The summed E-state index contributed by atoms with van der Waals surface area (Å²) in [6, 6.07) is 82.0. The number of benzene rings is 10. The number of carbonyl (C=O) groups excluding carboxylic acids is 4. The fourth-order valence-electron chi connectivity index (χ4n) is 19.4. The van der Waals surface area contributed by atoms with Crippen molar-refractivity contribution in [2.24, 2.45) is 46.3 Å². The molecule has 0 N–H and O–H groups in total. The lowest BCUT2D eigenvalue weighted by Gasteiger charge is -2.58. The van der Waals surface area contributed by atoms with Crippen molar-refractivity contribution in [3.05, 3.63) is 270 Å². The minimum atomic E-state index is -5.20. The number of halogens is 5. The highest BCUT2D eigenvalue weighted by atomic mass is 32.2. The number of hydrogen-bond donors (Lipinski definition) is 0. The van der Waals surface area contributed by atoms with Gasteiger partial charge in [-0.25, -0.2) is 25.6 Å². The predicted octanol–water partition coefficient (Wildman–Crippen LogP) is 27.0. The first-order valence-corrected chi connectivity index (χ1v) is 51.3. The molecule has 130 heavy (non-hydrogen) atoms. The molecule has 0 saturated heterocycles. The number of Topliss-reactive ketones (excluding diaryl/α,β-unsaturated/α-hetero) is 3. The van der Waals surface area contributed by atoms with Gasteiger partial charge in [0.1, 0.15) is 50.7 Å². The van der Waals surface area contributed by atoms with E-state index in [0.717, 1.165) is 51.0 Å². The fraction of sp³-hybridized carbons (Fsp3) is 0.402. The molecule has 0 amide bonds. The number of carbonyl (C=O) groups is 4. The Morgan fingerprint density at radius 3 is 1.47 bits per heavy atom. The molecule has 13 nitrogen and oxygen atoms in total. The molecule has 2 unspecified atom stereocenters. The smallest absolute Gasteiger partial charge is 0.431 e. The summed E-state index contributed by atoms with van der Waals surface area (Å²) in [7, 11) is -9.47. The van der Waals surface area contributed by atoms with Crippen LogP contribution in [0.15, 0.2) is 277 Å². The van der Waals surface area contributed by atoms with Crippen LogP contribution in [0, 0.1) is 46.3 Å². The second-order valence-corrected chi connectivity index (χ2v) is 47.2. The lowest BCUT2D eigenvalue weighted by molar-refractivity contribution is -0.254. The Hall–Kier alpha value is -9.33. The van der Waals surface area contributed by atoms with E-state index in [-0.39, 0.29) is 126 Å². The van der Waals surface area contributed by atoms with E-state index in [0.29, 0.717) is 49.1 Å². The third kappa shape index (κ3) is 22.9. The Labute approximate surface area is 772 Å². The van der Waals surface area contributed by atoms with Gasteiger partial charge in [0, 0.05) is 71.6 Å². The van der Waals surface area contributed by atoms with Crippen molar-refractivity contribution < 1.29 is 81.3 Å². The van der Waals surface area contributed by atoms with Crippen LogP contribution in [0.2, 0.25) is 0 Å². The van der Waals surface area contributed by atoms with Crippen molar-refractivity contribution >= 4 is 96.0 Å². The number of ether oxygens (including phenoxy) is 3. The number of para-hydroxylation sites is 2. The van der Waals surface area contributed by atoms with E-state index in [1.54, 1.807) is 12.1 Å². The molecular formula is C107H120F5O13S5+. The summed E-state index contributed by atoms with van der Waals surface area (Å²) in [5.74, 6) is -2.67. The summed E-state index contributed by atoms with van der Waals surface area (Å²) in [5.41, 5.74) is 3.96. The lowest BCUT2D eigenvalue weighted by Crippen LogP contribution is -2.60. The quantitative estimate of drug-likeness (QED) is 0.0320. The van der Waals surface area contributed by atoms with E-state index in [4.69, 9.17) is 14.2 Å². The summed E-state index contributed by atoms with van der Waals surface area (Å²) < 4.78 is 152. The van der Waals surface area contributed by atoms with Crippen LogP contribution >= 0.6 is 10.5 Å². The summed E-state index contributed by atoms with van der Waals surface area (Å²) in [5, 5.41) is 2.79. The minimum absolute atomic E-state index is 0.00156. The molecule has 0 spiro atoms. The van der Waals surface area contributed by atoms with Gasteiger partial charge < -0.3 is 23.3 Å². The highest BCUT2D eigenvalue weighted by Crippen LogP contribution is 2.67. The van der Waals surface area contributed by atoms with Crippen molar-refractivity contribution in [2.75, 3.05) is 12.4 Å². The maximum atomic E-state index is 13.8. The Morgan fingerprint density at radius 1 is 0.554 bits per heavy atom. The van der Waals surface area contributed by atoms with Gasteiger partial charge in [0.2, 0.25) is 9.79 Å². The third-order valence-electron chi connectivity index (χ3n) is 26.4. The molecule has 2 heterocycles. The normalized spacial score (nSPS) is 20.3. The van der Waals surface area contributed by atoms with E-state index < -0.39 is 73.1 Å². The molecule has 4 saturated carbocycles. The van der Waals surface area contributed by atoms with Gasteiger partial charge >= 0.3 is 12.1 Å². The maximum Gasteiger partial charge on any atom is 0.431 e. The average molecular weight is 1870 g/mol. The zero-order valence-corrected chi connectivity index (χ0v) is 81.0. The van der Waals surface area contributed by atoms with Crippen molar-refractivity contribution in [3.8, 4) is 22.1 Å². The molecule has 0 radical (unpaired) electrons. The molecule has 16 rings (SSSR count). The van der Waals surface area contributed by atoms with E-state index in [2.05, 4.69) is 244 Å². The second kappa shape index (κ2) is 40.6. The van der Waals surface area contributed by atoms with Crippen LogP contribution in [0.1, 0.15) is 214 Å².